The van der Waals surface area contributed by atoms with Gasteiger partial charge in [0.25, 0.3) is 5.56 Å². The highest BCUT2D eigenvalue weighted by atomic mass is 32.1. The number of ether oxygens (including phenoxy) is 2. The van der Waals surface area contributed by atoms with Gasteiger partial charge in [0.05, 0.1) is 25.6 Å². The number of rotatable bonds is 5. The summed E-state index contributed by atoms with van der Waals surface area (Å²) in [5.74, 6) is 0.697. The minimum Gasteiger partial charge on any atom is -0.496 e. The van der Waals surface area contributed by atoms with Crippen LogP contribution in [0.5, 0.6) is 5.75 Å². The molecule has 0 spiro atoms. The second-order valence-electron chi connectivity index (χ2n) is 5.82. The molecular formula is C18H20N2O4S. The molecule has 0 aliphatic heterocycles. The predicted molar refractivity (Wildman–Crippen MR) is 100 cm³/mol. The van der Waals surface area contributed by atoms with E-state index in [9.17, 15) is 9.59 Å². The van der Waals surface area contributed by atoms with Crippen LogP contribution in [-0.2, 0) is 11.3 Å². The van der Waals surface area contributed by atoms with Gasteiger partial charge in [-0.2, -0.15) is 0 Å². The van der Waals surface area contributed by atoms with Gasteiger partial charge in [-0.25, -0.2) is 4.79 Å². The van der Waals surface area contributed by atoms with Crippen LogP contribution < -0.4 is 16.0 Å². The van der Waals surface area contributed by atoms with Gasteiger partial charge in [-0.3, -0.25) is 14.3 Å². The van der Waals surface area contributed by atoms with Gasteiger partial charge >= 0.3 is 5.69 Å². The first-order chi connectivity index (χ1) is 12.0. The average molecular weight is 360 g/mol. The number of aryl methyl sites for hydroxylation is 2. The van der Waals surface area contributed by atoms with E-state index in [0.717, 1.165) is 21.6 Å². The Morgan fingerprint density at radius 1 is 1.20 bits per heavy atom. The predicted octanol–water partition coefficient (Wildman–Crippen LogP) is 2.69. The van der Waals surface area contributed by atoms with E-state index in [1.807, 2.05) is 32.0 Å². The molecule has 0 saturated carbocycles. The number of thiophene rings is 1. The summed E-state index contributed by atoms with van der Waals surface area (Å²) >= 11 is 1.40. The zero-order valence-electron chi connectivity index (χ0n) is 14.6. The van der Waals surface area contributed by atoms with E-state index in [1.54, 1.807) is 7.11 Å². The van der Waals surface area contributed by atoms with Gasteiger partial charge in [0.1, 0.15) is 10.6 Å². The molecule has 7 heteroatoms. The summed E-state index contributed by atoms with van der Waals surface area (Å²) < 4.78 is 11.7. The van der Waals surface area contributed by atoms with Gasteiger partial charge in [0.2, 0.25) is 0 Å². The molecule has 0 amide bonds. The molecule has 3 aromatic rings. The van der Waals surface area contributed by atoms with Crippen LogP contribution in [0.4, 0.5) is 0 Å². The molecule has 3 rings (SSSR count). The minimum absolute atomic E-state index is 0.208. The van der Waals surface area contributed by atoms with Crippen LogP contribution in [0.3, 0.4) is 0 Å². The van der Waals surface area contributed by atoms with E-state index in [1.165, 1.54) is 23.0 Å². The fraction of sp³-hybridized carbons (Fsp3) is 0.333. The van der Waals surface area contributed by atoms with E-state index >= 15 is 0 Å². The van der Waals surface area contributed by atoms with E-state index < -0.39 is 5.69 Å². The zero-order chi connectivity index (χ0) is 18.1. The first kappa shape index (κ1) is 17.4. The molecule has 2 heterocycles. The van der Waals surface area contributed by atoms with Crippen molar-refractivity contribution in [3.05, 3.63) is 49.5 Å². The number of fused-ring (bicyclic) bond motifs is 1. The Morgan fingerprint density at radius 3 is 2.64 bits per heavy atom. The number of methoxy groups -OCH3 is 2. The number of hydrogen-bond donors (Lipinski definition) is 1. The van der Waals surface area contributed by atoms with Crippen molar-refractivity contribution in [2.45, 2.75) is 20.4 Å². The molecule has 0 saturated heterocycles. The zero-order valence-corrected chi connectivity index (χ0v) is 15.5. The van der Waals surface area contributed by atoms with E-state index in [2.05, 4.69) is 4.98 Å². The molecule has 1 N–H and O–H groups in total. The van der Waals surface area contributed by atoms with Crippen molar-refractivity contribution in [2.75, 3.05) is 20.8 Å². The average Bonchev–Trinajstić information content (AvgIpc) is 2.90. The Labute approximate surface area is 148 Å². The Morgan fingerprint density at radius 2 is 1.96 bits per heavy atom. The summed E-state index contributed by atoms with van der Waals surface area (Å²) in [6.45, 7) is 4.44. The number of aromatic nitrogens is 2. The Balaban J connectivity index is 2.37. The van der Waals surface area contributed by atoms with Crippen molar-refractivity contribution in [3.63, 3.8) is 0 Å². The molecule has 2 aromatic heterocycles. The SMILES string of the molecule is COCCn1c(=O)[nH]c2sc(C)c(-c3cc(C)ccc3OC)c2c1=O. The van der Waals surface area contributed by atoms with Crippen LogP contribution in [0.15, 0.2) is 27.8 Å². The van der Waals surface area contributed by atoms with Crippen molar-refractivity contribution in [3.8, 4) is 16.9 Å². The van der Waals surface area contributed by atoms with Crippen LogP contribution in [0.25, 0.3) is 21.3 Å². The summed E-state index contributed by atoms with van der Waals surface area (Å²) in [6.07, 6.45) is 0. The molecule has 25 heavy (non-hydrogen) atoms. The van der Waals surface area contributed by atoms with Gasteiger partial charge in [-0.05, 0) is 26.0 Å². The molecule has 0 aliphatic carbocycles. The third kappa shape index (κ3) is 3.01. The first-order valence-electron chi connectivity index (χ1n) is 7.88. The fourth-order valence-corrected chi connectivity index (χ4v) is 4.01. The normalized spacial score (nSPS) is 11.2. The molecular weight excluding hydrogens is 340 g/mol. The molecule has 132 valence electrons. The standard InChI is InChI=1S/C18H20N2O4S/c1-10-5-6-13(24-4)12(9-10)14-11(2)25-16-15(14)17(21)20(7-8-23-3)18(22)19-16/h5-6,9H,7-8H2,1-4H3,(H,19,22). The summed E-state index contributed by atoms with van der Waals surface area (Å²) in [7, 11) is 3.15. The second kappa shape index (κ2) is 6.85. The number of hydrogen-bond acceptors (Lipinski definition) is 5. The maximum Gasteiger partial charge on any atom is 0.329 e. The number of benzene rings is 1. The molecule has 0 atom stereocenters. The third-order valence-electron chi connectivity index (χ3n) is 4.15. The van der Waals surface area contributed by atoms with Gasteiger partial charge in [0, 0.05) is 23.1 Å². The van der Waals surface area contributed by atoms with Crippen LogP contribution in [-0.4, -0.2) is 30.4 Å². The Bertz CT molecular complexity index is 1050. The first-order valence-corrected chi connectivity index (χ1v) is 8.69. The quantitative estimate of drug-likeness (QED) is 0.759. The number of aromatic amines is 1. The lowest BCUT2D eigenvalue weighted by Crippen LogP contribution is -2.35. The highest BCUT2D eigenvalue weighted by Crippen LogP contribution is 2.40. The highest BCUT2D eigenvalue weighted by Gasteiger charge is 2.20. The summed E-state index contributed by atoms with van der Waals surface area (Å²) in [5.41, 5.74) is 2.01. The molecule has 1 aromatic carbocycles. The maximum absolute atomic E-state index is 13.0. The van der Waals surface area contributed by atoms with Crippen molar-refractivity contribution < 1.29 is 9.47 Å². The summed E-state index contributed by atoms with van der Waals surface area (Å²) in [5, 5.41) is 0.516. The minimum atomic E-state index is -0.418. The van der Waals surface area contributed by atoms with Gasteiger partial charge in [0.15, 0.2) is 0 Å². The lowest BCUT2D eigenvalue weighted by Gasteiger charge is -2.10. The lowest BCUT2D eigenvalue weighted by molar-refractivity contribution is 0.185. The van der Waals surface area contributed by atoms with Gasteiger partial charge in [-0.1, -0.05) is 11.6 Å². The summed E-state index contributed by atoms with van der Waals surface area (Å²) in [6, 6.07) is 5.85. The number of H-pyrrole nitrogens is 1. The van der Waals surface area contributed by atoms with E-state index in [0.29, 0.717) is 22.6 Å². The molecule has 0 bridgehead atoms. The molecule has 0 radical (unpaired) electrons. The van der Waals surface area contributed by atoms with Gasteiger partial charge in [-0.15, -0.1) is 11.3 Å². The second-order valence-corrected chi connectivity index (χ2v) is 7.05. The smallest absolute Gasteiger partial charge is 0.329 e. The molecule has 0 fully saturated rings. The van der Waals surface area contributed by atoms with E-state index in [-0.39, 0.29) is 12.1 Å². The summed E-state index contributed by atoms with van der Waals surface area (Å²) in [4.78, 5) is 29.6. The highest BCUT2D eigenvalue weighted by molar-refractivity contribution is 7.19. The lowest BCUT2D eigenvalue weighted by atomic mass is 10.0. The molecule has 0 aliphatic rings. The van der Waals surface area contributed by atoms with Crippen molar-refractivity contribution in [1.29, 1.82) is 0 Å². The van der Waals surface area contributed by atoms with Gasteiger partial charge < -0.3 is 9.47 Å². The van der Waals surface area contributed by atoms with Crippen LogP contribution >= 0.6 is 11.3 Å². The largest absolute Gasteiger partial charge is 0.496 e. The molecule has 0 unspecified atom stereocenters. The van der Waals surface area contributed by atoms with Crippen LogP contribution in [0.2, 0.25) is 0 Å². The topological polar surface area (TPSA) is 73.3 Å². The monoisotopic (exact) mass is 360 g/mol. The van der Waals surface area contributed by atoms with Crippen LogP contribution in [0.1, 0.15) is 10.4 Å². The van der Waals surface area contributed by atoms with Crippen molar-refractivity contribution in [2.24, 2.45) is 0 Å². The number of nitrogens with one attached hydrogen (secondary N) is 1. The molecule has 6 nitrogen and oxygen atoms in total. The fourth-order valence-electron chi connectivity index (χ4n) is 2.96. The Kier molecular flexibility index (Phi) is 4.78. The van der Waals surface area contributed by atoms with Crippen molar-refractivity contribution >= 4 is 21.6 Å². The van der Waals surface area contributed by atoms with E-state index in [4.69, 9.17) is 9.47 Å². The maximum atomic E-state index is 13.0. The number of nitrogens with zero attached hydrogens (tertiary/aromatic N) is 1. The third-order valence-corrected chi connectivity index (χ3v) is 5.17. The van der Waals surface area contributed by atoms with Crippen molar-refractivity contribution in [1.82, 2.24) is 9.55 Å². The van der Waals surface area contributed by atoms with Crippen LogP contribution in [0, 0.1) is 13.8 Å². The Hall–Kier alpha value is -2.38.